The second-order valence-electron chi connectivity index (χ2n) is 7.27. The highest BCUT2D eigenvalue weighted by molar-refractivity contribution is 7.89. The molecular weight excluding hydrogens is 284 g/mol. The molecule has 4 nitrogen and oxygen atoms in total. The number of rotatable bonds is 7. The summed E-state index contributed by atoms with van der Waals surface area (Å²) in [5, 5.41) is 3.24. The molecule has 0 aromatic rings. The maximum atomic E-state index is 12.4. The fraction of sp³-hybridized carbons (Fsp3) is 1.00. The van der Waals surface area contributed by atoms with Gasteiger partial charge < -0.3 is 5.32 Å². The summed E-state index contributed by atoms with van der Waals surface area (Å²) in [6.45, 7) is 12.2. The molecule has 1 saturated heterocycles. The third kappa shape index (κ3) is 6.66. The fourth-order valence-corrected chi connectivity index (χ4v) is 4.67. The van der Waals surface area contributed by atoms with Crippen LogP contribution in [-0.2, 0) is 10.0 Å². The smallest absolute Gasteiger partial charge is 0.214 e. The summed E-state index contributed by atoms with van der Waals surface area (Å²) in [7, 11) is -3.06. The van der Waals surface area contributed by atoms with Crippen LogP contribution in [0.25, 0.3) is 0 Å². The number of hydrogen-bond donors (Lipinski definition) is 1. The van der Waals surface area contributed by atoms with E-state index >= 15 is 0 Å². The highest BCUT2D eigenvalue weighted by atomic mass is 32.2. The van der Waals surface area contributed by atoms with Crippen LogP contribution in [0.4, 0.5) is 0 Å². The molecule has 0 saturated carbocycles. The van der Waals surface area contributed by atoms with Gasteiger partial charge in [-0.2, -0.15) is 0 Å². The summed E-state index contributed by atoms with van der Waals surface area (Å²) in [6.07, 6.45) is 4.84. The summed E-state index contributed by atoms with van der Waals surface area (Å²) in [6, 6.07) is 0. The molecule has 126 valence electrons. The van der Waals surface area contributed by atoms with Crippen LogP contribution in [0.15, 0.2) is 0 Å². The molecule has 1 rings (SSSR count). The molecule has 1 fully saturated rings. The van der Waals surface area contributed by atoms with Gasteiger partial charge >= 0.3 is 0 Å². The Morgan fingerprint density at radius 2 is 1.86 bits per heavy atom. The minimum absolute atomic E-state index is 0.283. The van der Waals surface area contributed by atoms with Gasteiger partial charge in [0, 0.05) is 13.1 Å². The zero-order chi connectivity index (χ0) is 15.9. The molecule has 0 spiro atoms. The molecule has 1 atom stereocenters. The molecule has 21 heavy (non-hydrogen) atoms. The van der Waals surface area contributed by atoms with Gasteiger partial charge in [-0.25, -0.2) is 12.7 Å². The van der Waals surface area contributed by atoms with Crippen LogP contribution in [0.5, 0.6) is 0 Å². The van der Waals surface area contributed by atoms with E-state index < -0.39 is 10.0 Å². The molecule has 1 heterocycles. The Morgan fingerprint density at radius 3 is 2.48 bits per heavy atom. The summed E-state index contributed by atoms with van der Waals surface area (Å²) >= 11 is 0. The van der Waals surface area contributed by atoms with Gasteiger partial charge in [-0.1, -0.05) is 27.7 Å². The molecule has 0 aromatic carbocycles. The zero-order valence-electron chi connectivity index (χ0n) is 14.3. The van der Waals surface area contributed by atoms with E-state index in [0.29, 0.717) is 24.8 Å². The van der Waals surface area contributed by atoms with E-state index in [-0.39, 0.29) is 5.41 Å². The van der Waals surface area contributed by atoms with E-state index in [1.54, 1.807) is 4.31 Å². The highest BCUT2D eigenvalue weighted by Crippen LogP contribution is 2.34. The van der Waals surface area contributed by atoms with E-state index in [2.05, 4.69) is 33.0 Å². The lowest BCUT2D eigenvalue weighted by molar-refractivity contribution is 0.217. The van der Waals surface area contributed by atoms with Crippen LogP contribution in [-0.4, -0.2) is 44.7 Å². The summed E-state index contributed by atoms with van der Waals surface area (Å²) in [5.41, 5.74) is 0.283. The van der Waals surface area contributed by atoms with Crippen LogP contribution in [0.2, 0.25) is 0 Å². The van der Waals surface area contributed by atoms with Crippen molar-refractivity contribution in [3.05, 3.63) is 0 Å². The van der Waals surface area contributed by atoms with Crippen molar-refractivity contribution in [1.82, 2.24) is 9.62 Å². The van der Waals surface area contributed by atoms with Crippen molar-refractivity contribution in [3.63, 3.8) is 0 Å². The predicted octanol–water partition coefficient (Wildman–Crippen LogP) is 2.85. The van der Waals surface area contributed by atoms with Crippen molar-refractivity contribution in [3.8, 4) is 0 Å². The maximum absolute atomic E-state index is 12.4. The molecule has 0 aliphatic carbocycles. The minimum atomic E-state index is -3.06. The predicted molar refractivity (Wildman–Crippen MR) is 89.9 cm³/mol. The first-order chi connectivity index (χ1) is 9.77. The van der Waals surface area contributed by atoms with E-state index in [1.165, 1.54) is 0 Å². The number of nitrogens with one attached hydrogen (secondary N) is 1. The van der Waals surface area contributed by atoms with Crippen LogP contribution < -0.4 is 5.32 Å². The molecule has 0 aromatic heterocycles. The van der Waals surface area contributed by atoms with Gasteiger partial charge in [-0.05, 0) is 56.5 Å². The largest absolute Gasteiger partial charge is 0.317 e. The molecule has 5 heteroatoms. The molecule has 0 amide bonds. The summed E-state index contributed by atoms with van der Waals surface area (Å²) < 4.78 is 26.6. The van der Waals surface area contributed by atoms with Crippen LogP contribution in [0.3, 0.4) is 0 Å². The summed E-state index contributed by atoms with van der Waals surface area (Å²) in [4.78, 5) is 0. The van der Waals surface area contributed by atoms with Crippen molar-refractivity contribution in [2.24, 2.45) is 11.3 Å². The average Bonchev–Trinajstić information content (AvgIpc) is 2.64. The Balaban J connectivity index is 2.45. The van der Waals surface area contributed by atoms with E-state index in [4.69, 9.17) is 0 Å². The average molecular weight is 319 g/mol. The van der Waals surface area contributed by atoms with E-state index in [1.807, 2.05) is 0 Å². The third-order valence-corrected chi connectivity index (χ3v) is 6.52. The number of unbranched alkanes of at least 4 members (excludes halogenated alkanes) is 1. The first-order valence-electron chi connectivity index (χ1n) is 8.46. The molecule has 1 N–H and O–H groups in total. The lowest BCUT2D eigenvalue weighted by atomic mass is 9.77. The normalized spacial score (nSPS) is 22.2. The topological polar surface area (TPSA) is 49.4 Å². The number of sulfonamides is 1. The minimum Gasteiger partial charge on any atom is -0.317 e. The molecular formula is C16H34N2O2S. The zero-order valence-corrected chi connectivity index (χ0v) is 15.1. The van der Waals surface area contributed by atoms with Gasteiger partial charge in [0.25, 0.3) is 0 Å². The van der Waals surface area contributed by atoms with Crippen LogP contribution >= 0.6 is 0 Å². The third-order valence-electron chi connectivity index (χ3n) is 4.56. The van der Waals surface area contributed by atoms with Gasteiger partial charge in [0.05, 0.1) is 5.75 Å². The molecule has 0 radical (unpaired) electrons. The Hall–Kier alpha value is -0.130. The Labute approximate surface area is 131 Å². The highest BCUT2D eigenvalue weighted by Gasteiger charge is 2.30. The van der Waals surface area contributed by atoms with Crippen molar-refractivity contribution in [2.75, 3.05) is 31.9 Å². The van der Waals surface area contributed by atoms with Crippen LogP contribution in [0, 0.1) is 11.3 Å². The molecule has 1 aliphatic rings. The van der Waals surface area contributed by atoms with Crippen LogP contribution in [0.1, 0.15) is 59.8 Å². The summed E-state index contributed by atoms with van der Waals surface area (Å²) in [5.74, 6) is 0.935. The quantitative estimate of drug-likeness (QED) is 0.734. The van der Waals surface area contributed by atoms with Gasteiger partial charge in [-0.15, -0.1) is 0 Å². The second-order valence-corrected chi connectivity index (χ2v) is 9.36. The molecule has 0 bridgehead atoms. The lowest BCUT2D eigenvalue weighted by Gasteiger charge is -2.29. The molecule has 1 aliphatic heterocycles. The molecule has 1 unspecified atom stereocenters. The van der Waals surface area contributed by atoms with Gasteiger partial charge in [0.15, 0.2) is 0 Å². The van der Waals surface area contributed by atoms with Crippen molar-refractivity contribution >= 4 is 10.0 Å². The fourth-order valence-electron chi connectivity index (χ4n) is 3.05. The lowest BCUT2D eigenvalue weighted by Crippen LogP contribution is -2.34. The maximum Gasteiger partial charge on any atom is 0.214 e. The van der Waals surface area contributed by atoms with Gasteiger partial charge in [0.1, 0.15) is 0 Å². The van der Waals surface area contributed by atoms with Crippen molar-refractivity contribution in [1.29, 1.82) is 0 Å². The van der Waals surface area contributed by atoms with E-state index in [0.717, 1.165) is 45.2 Å². The van der Waals surface area contributed by atoms with Gasteiger partial charge in [-0.3, -0.25) is 0 Å². The number of hydrogen-bond acceptors (Lipinski definition) is 3. The monoisotopic (exact) mass is 318 g/mol. The van der Waals surface area contributed by atoms with Gasteiger partial charge in [0.2, 0.25) is 10.0 Å². The number of nitrogens with zero attached hydrogens (tertiary/aromatic N) is 1. The standard InChI is InChI=1S/C16H34N2O2S/c1-5-17-11-6-7-14-21(19,20)18-12-8-9-15(10-13-18)16(2,3)4/h15,17H,5-14H2,1-4H3. The Morgan fingerprint density at radius 1 is 1.14 bits per heavy atom. The van der Waals surface area contributed by atoms with E-state index in [9.17, 15) is 8.42 Å². The van der Waals surface area contributed by atoms with Crippen molar-refractivity contribution < 1.29 is 8.42 Å². The Bertz CT molecular complexity index is 388. The van der Waals surface area contributed by atoms with Crippen molar-refractivity contribution in [2.45, 2.75) is 59.8 Å². The first-order valence-corrected chi connectivity index (χ1v) is 10.1. The second kappa shape index (κ2) is 8.49. The Kier molecular flexibility index (Phi) is 7.65. The first kappa shape index (κ1) is 18.9. The SMILES string of the molecule is CCNCCCCS(=O)(=O)N1CCCC(C(C)(C)C)CC1.